The number of benzene rings is 2. The molecule has 2 heterocycles. The number of nitrogens with zero attached hydrogens (tertiary/aromatic N) is 4. The lowest BCUT2D eigenvalue weighted by molar-refractivity contribution is 0.393. The summed E-state index contributed by atoms with van der Waals surface area (Å²) >= 11 is 0. The van der Waals surface area contributed by atoms with Crippen molar-refractivity contribution in [3.63, 3.8) is 0 Å². The Morgan fingerprint density at radius 3 is 2.46 bits per heavy atom. The van der Waals surface area contributed by atoms with Crippen LogP contribution in [0.5, 0.6) is 0 Å². The first-order valence-electron chi connectivity index (χ1n) is 8.90. The van der Waals surface area contributed by atoms with Crippen LogP contribution in [0.15, 0.2) is 47.6 Å². The first-order valence-corrected chi connectivity index (χ1v) is 8.90. The minimum absolute atomic E-state index is 0.0823. The molecule has 4 nitrogen and oxygen atoms in total. The van der Waals surface area contributed by atoms with E-state index >= 15 is 0 Å². The molecule has 0 saturated carbocycles. The monoisotopic (exact) mass is 384 g/mol. The summed E-state index contributed by atoms with van der Waals surface area (Å²) in [7, 11) is 3.87. The van der Waals surface area contributed by atoms with E-state index in [1.54, 1.807) is 19.2 Å². The molecule has 4 rings (SSSR count). The van der Waals surface area contributed by atoms with Crippen LogP contribution in [0.1, 0.15) is 35.6 Å². The van der Waals surface area contributed by atoms with Crippen molar-refractivity contribution in [2.24, 2.45) is 4.99 Å². The average molecular weight is 384 g/mol. The zero-order chi connectivity index (χ0) is 20.0. The van der Waals surface area contributed by atoms with E-state index < -0.39 is 23.5 Å². The molecule has 28 heavy (non-hydrogen) atoms. The first kappa shape index (κ1) is 18.4. The van der Waals surface area contributed by atoms with Gasteiger partial charge in [0.05, 0.1) is 28.9 Å². The highest BCUT2D eigenvalue weighted by molar-refractivity contribution is 6.15. The summed E-state index contributed by atoms with van der Waals surface area (Å²) in [6.45, 7) is 2.40. The average Bonchev–Trinajstić information content (AvgIpc) is 2.98. The van der Waals surface area contributed by atoms with E-state index in [1.165, 1.54) is 30.3 Å². The maximum absolute atomic E-state index is 14.6. The molecule has 2 aromatic carbocycles. The lowest BCUT2D eigenvalue weighted by Crippen LogP contribution is -2.16. The molecule has 1 aliphatic heterocycles. The van der Waals surface area contributed by atoms with Crippen LogP contribution in [-0.2, 0) is 6.54 Å². The van der Waals surface area contributed by atoms with Crippen molar-refractivity contribution < 1.29 is 13.2 Å². The summed E-state index contributed by atoms with van der Waals surface area (Å²) in [5, 5.41) is 0. The van der Waals surface area contributed by atoms with Crippen LogP contribution < -0.4 is 0 Å². The Morgan fingerprint density at radius 1 is 1.07 bits per heavy atom. The van der Waals surface area contributed by atoms with Gasteiger partial charge in [0.15, 0.2) is 0 Å². The van der Waals surface area contributed by atoms with Crippen LogP contribution in [0.3, 0.4) is 0 Å². The molecule has 3 aromatic rings. The van der Waals surface area contributed by atoms with Crippen molar-refractivity contribution in [2.75, 3.05) is 14.1 Å². The number of fused-ring (bicyclic) bond motifs is 3. The second-order valence-corrected chi connectivity index (χ2v) is 7.09. The second kappa shape index (κ2) is 6.91. The lowest BCUT2D eigenvalue weighted by atomic mass is 9.99. The molecule has 0 fully saturated rings. The first-order chi connectivity index (χ1) is 13.4. The van der Waals surface area contributed by atoms with Crippen molar-refractivity contribution >= 4 is 5.71 Å². The van der Waals surface area contributed by atoms with Crippen molar-refractivity contribution in [3.05, 3.63) is 82.7 Å². The minimum atomic E-state index is -0.741. The third kappa shape index (κ3) is 3.01. The van der Waals surface area contributed by atoms with Gasteiger partial charge in [-0.15, -0.1) is 0 Å². The van der Waals surface area contributed by atoms with Crippen molar-refractivity contribution in [1.29, 1.82) is 0 Å². The van der Waals surface area contributed by atoms with Gasteiger partial charge < -0.3 is 4.90 Å². The molecular weight excluding hydrogens is 365 g/mol. The highest BCUT2D eigenvalue weighted by atomic mass is 19.1. The maximum Gasteiger partial charge on any atom is 0.138 e. The Labute approximate surface area is 161 Å². The summed E-state index contributed by atoms with van der Waals surface area (Å²) in [6.07, 6.45) is 1.75. The number of imidazole rings is 1. The van der Waals surface area contributed by atoms with E-state index in [2.05, 4.69) is 9.98 Å². The minimum Gasteiger partial charge on any atom is -0.304 e. The number of aliphatic imine (C=N–C) groups is 1. The maximum atomic E-state index is 14.6. The van der Waals surface area contributed by atoms with Gasteiger partial charge in [-0.1, -0.05) is 6.07 Å². The fourth-order valence-electron chi connectivity index (χ4n) is 3.55. The van der Waals surface area contributed by atoms with E-state index in [4.69, 9.17) is 0 Å². The smallest absolute Gasteiger partial charge is 0.138 e. The Balaban J connectivity index is 2.03. The van der Waals surface area contributed by atoms with Gasteiger partial charge in [0.2, 0.25) is 0 Å². The molecule has 0 bridgehead atoms. The van der Waals surface area contributed by atoms with Crippen LogP contribution in [0.25, 0.3) is 5.69 Å². The van der Waals surface area contributed by atoms with E-state index in [9.17, 15) is 13.2 Å². The number of rotatable bonds is 3. The molecule has 0 amide bonds. The number of halogens is 3. The van der Waals surface area contributed by atoms with Gasteiger partial charge in [0.25, 0.3) is 0 Å². The predicted octanol–water partition coefficient (Wildman–Crippen LogP) is 4.26. The fraction of sp³-hybridized carbons (Fsp3) is 0.238. The quantitative estimate of drug-likeness (QED) is 0.676. The van der Waals surface area contributed by atoms with Crippen LogP contribution >= 0.6 is 0 Å². The molecule has 0 radical (unpaired) electrons. The number of hydrogen-bond acceptors (Lipinski definition) is 3. The van der Waals surface area contributed by atoms with Crippen LogP contribution in [0.2, 0.25) is 0 Å². The Morgan fingerprint density at radius 2 is 1.79 bits per heavy atom. The fourth-order valence-corrected chi connectivity index (χ4v) is 3.55. The molecule has 1 atom stereocenters. The molecule has 1 aliphatic rings. The molecule has 144 valence electrons. The van der Waals surface area contributed by atoms with Crippen molar-refractivity contribution in [2.45, 2.75) is 19.5 Å². The summed E-state index contributed by atoms with van der Waals surface area (Å²) in [5.41, 5.74) is 1.62. The largest absolute Gasteiger partial charge is 0.304 e. The van der Waals surface area contributed by atoms with Crippen molar-refractivity contribution in [1.82, 2.24) is 14.5 Å². The van der Waals surface area contributed by atoms with Crippen LogP contribution in [0, 0.1) is 17.5 Å². The number of aromatic nitrogens is 2. The van der Waals surface area contributed by atoms with Gasteiger partial charge in [-0.2, -0.15) is 0 Å². The van der Waals surface area contributed by atoms with E-state index in [0.29, 0.717) is 23.6 Å². The molecule has 0 saturated heterocycles. The second-order valence-electron chi connectivity index (χ2n) is 7.09. The highest BCUT2D eigenvalue weighted by Gasteiger charge is 2.28. The van der Waals surface area contributed by atoms with Gasteiger partial charge >= 0.3 is 0 Å². The summed E-state index contributed by atoms with van der Waals surface area (Å²) in [6, 6.07) is 7.36. The zero-order valence-corrected chi connectivity index (χ0v) is 15.7. The normalized spacial score (nSPS) is 15.8. The summed E-state index contributed by atoms with van der Waals surface area (Å²) in [5.74, 6) is -1.35. The van der Waals surface area contributed by atoms with Crippen LogP contribution in [0.4, 0.5) is 13.2 Å². The molecular formula is C21H19F3N4. The van der Waals surface area contributed by atoms with Gasteiger partial charge in [0, 0.05) is 12.1 Å². The van der Waals surface area contributed by atoms with Gasteiger partial charge in [-0.05, 0) is 51.4 Å². The Kier molecular flexibility index (Phi) is 4.55. The molecule has 1 aromatic heterocycles. The summed E-state index contributed by atoms with van der Waals surface area (Å²) < 4.78 is 45.2. The summed E-state index contributed by atoms with van der Waals surface area (Å²) in [4.78, 5) is 11.0. The van der Waals surface area contributed by atoms with Gasteiger partial charge in [0.1, 0.15) is 29.3 Å². The topological polar surface area (TPSA) is 33.4 Å². The van der Waals surface area contributed by atoms with E-state index in [-0.39, 0.29) is 11.3 Å². The zero-order valence-electron chi connectivity index (χ0n) is 15.7. The molecule has 0 spiro atoms. The molecule has 7 heteroatoms. The molecule has 0 N–H and O–H groups in total. The van der Waals surface area contributed by atoms with E-state index in [0.717, 1.165) is 5.69 Å². The predicted molar refractivity (Wildman–Crippen MR) is 101 cm³/mol. The SMILES string of the molecule is CC1N=C(c2c(F)cccc2F)c2cc(F)ccc2-n2c(CN(C)C)cnc21. The third-order valence-corrected chi connectivity index (χ3v) is 4.69. The lowest BCUT2D eigenvalue weighted by Gasteiger charge is -2.17. The Bertz CT molecular complexity index is 1060. The van der Waals surface area contributed by atoms with Gasteiger partial charge in [-0.3, -0.25) is 9.56 Å². The van der Waals surface area contributed by atoms with E-state index in [1.807, 2.05) is 23.6 Å². The van der Waals surface area contributed by atoms with Gasteiger partial charge in [-0.25, -0.2) is 18.2 Å². The molecule has 0 aliphatic carbocycles. The Hall–Kier alpha value is -2.93. The standard InChI is InChI=1S/C21H19F3N4/c1-12-21-25-10-14(11-27(2)3)28(21)18-8-7-13(22)9-15(18)20(26-12)19-16(23)5-4-6-17(19)24/h4-10,12H,11H2,1-3H3. The number of hydrogen-bond donors (Lipinski definition) is 0. The third-order valence-electron chi connectivity index (χ3n) is 4.69. The van der Waals surface area contributed by atoms with Crippen LogP contribution in [-0.4, -0.2) is 34.3 Å². The molecule has 1 unspecified atom stereocenters. The highest BCUT2D eigenvalue weighted by Crippen LogP contribution is 2.33. The van der Waals surface area contributed by atoms with Crippen molar-refractivity contribution in [3.8, 4) is 5.69 Å².